The van der Waals surface area contributed by atoms with Crippen molar-refractivity contribution >= 4 is 43.2 Å². The van der Waals surface area contributed by atoms with Crippen LogP contribution in [0.3, 0.4) is 0 Å². The number of halogens is 2. The van der Waals surface area contributed by atoms with Gasteiger partial charge < -0.3 is 5.32 Å². The van der Waals surface area contributed by atoms with Gasteiger partial charge in [0.05, 0.1) is 0 Å². The van der Waals surface area contributed by atoms with E-state index in [0.717, 1.165) is 21.9 Å². The lowest BCUT2D eigenvalue weighted by atomic mass is 10.0. The number of nitrogens with one attached hydrogen (secondary N) is 1. The quantitative estimate of drug-likeness (QED) is 0.745. The first-order chi connectivity index (χ1) is 8.70. The number of thiophene rings is 1. The zero-order valence-corrected chi connectivity index (χ0v) is 14.1. The molecule has 0 fully saturated rings. The molecule has 0 aliphatic heterocycles. The first kappa shape index (κ1) is 14.3. The summed E-state index contributed by atoms with van der Waals surface area (Å²) in [5, 5.41) is 5.69. The van der Waals surface area contributed by atoms with E-state index in [2.05, 4.69) is 79.8 Å². The topological polar surface area (TPSA) is 12.0 Å². The van der Waals surface area contributed by atoms with Crippen molar-refractivity contribution < 1.29 is 0 Å². The number of hydrogen-bond acceptors (Lipinski definition) is 2. The third-order valence-corrected chi connectivity index (χ3v) is 4.85. The maximum atomic E-state index is 3.66. The molecule has 0 saturated carbocycles. The molecule has 1 atom stereocenters. The Balaban J connectivity index is 2.23. The summed E-state index contributed by atoms with van der Waals surface area (Å²) in [7, 11) is 0. The van der Waals surface area contributed by atoms with E-state index in [0.29, 0.717) is 6.04 Å². The Kier molecular flexibility index (Phi) is 5.42. The van der Waals surface area contributed by atoms with Gasteiger partial charge in [-0.25, -0.2) is 0 Å². The van der Waals surface area contributed by atoms with Crippen LogP contribution in [0.2, 0.25) is 0 Å². The summed E-state index contributed by atoms with van der Waals surface area (Å²) in [6.07, 6.45) is 1.03. The average molecular weight is 389 g/mol. The largest absolute Gasteiger partial charge is 0.310 e. The van der Waals surface area contributed by atoms with Gasteiger partial charge in [-0.2, -0.15) is 0 Å². The number of benzene rings is 1. The molecule has 1 heterocycles. The van der Waals surface area contributed by atoms with Gasteiger partial charge in [0, 0.05) is 26.3 Å². The van der Waals surface area contributed by atoms with Gasteiger partial charge in [0.25, 0.3) is 0 Å². The number of hydrogen-bond donors (Lipinski definition) is 1. The second-order valence-corrected chi connectivity index (χ2v) is 6.86. The van der Waals surface area contributed by atoms with Crippen molar-refractivity contribution in [3.05, 3.63) is 55.1 Å². The highest BCUT2D eigenvalue weighted by Gasteiger charge is 2.14. The maximum Gasteiger partial charge on any atom is 0.0379 e. The highest BCUT2D eigenvalue weighted by molar-refractivity contribution is 9.11. The van der Waals surface area contributed by atoms with Crippen molar-refractivity contribution in [1.82, 2.24) is 5.32 Å². The lowest BCUT2D eigenvalue weighted by Gasteiger charge is -2.19. The first-order valence-electron chi connectivity index (χ1n) is 5.91. The van der Waals surface area contributed by atoms with Crippen LogP contribution in [0.5, 0.6) is 0 Å². The van der Waals surface area contributed by atoms with E-state index in [4.69, 9.17) is 0 Å². The molecular formula is C14H15Br2NS. The fourth-order valence-corrected chi connectivity index (χ4v) is 4.03. The zero-order chi connectivity index (χ0) is 13.0. The lowest BCUT2D eigenvalue weighted by Crippen LogP contribution is -2.23. The summed E-state index contributed by atoms with van der Waals surface area (Å²) in [5.74, 6) is 0. The van der Waals surface area contributed by atoms with Crippen LogP contribution in [0.25, 0.3) is 0 Å². The minimum absolute atomic E-state index is 0.358. The SMILES string of the molecule is CCNC(Cc1cccs1)c1ccc(Br)cc1Br. The number of likely N-dealkylation sites (N-methyl/N-ethyl adjacent to an activating group) is 1. The van der Waals surface area contributed by atoms with Crippen LogP contribution >= 0.6 is 43.2 Å². The molecule has 1 N–H and O–H groups in total. The molecular weight excluding hydrogens is 374 g/mol. The van der Waals surface area contributed by atoms with Gasteiger partial charge in [0.1, 0.15) is 0 Å². The molecule has 0 bridgehead atoms. The summed E-state index contributed by atoms with van der Waals surface area (Å²) >= 11 is 8.97. The van der Waals surface area contributed by atoms with E-state index in [-0.39, 0.29) is 0 Å². The van der Waals surface area contributed by atoms with Gasteiger partial charge in [-0.3, -0.25) is 0 Å². The summed E-state index contributed by atoms with van der Waals surface area (Å²) < 4.78 is 2.25. The first-order valence-corrected chi connectivity index (χ1v) is 8.38. The monoisotopic (exact) mass is 387 g/mol. The van der Waals surface area contributed by atoms with Gasteiger partial charge >= 0.3 is 0 Å². The third-order valence-electron chi connectivity index (χ3n) is 2.77. The molecule has 1 nitrogen and oxygen atoms in total. The van der Waals surface area contributed by atoms with E-state index in [9.17, 15) is 0 Å². The fraction of sp³-hybridized carbons (Fsp3) is 0.286. The Hall–Kier alpha value is -0.160. The second kappa shape index (κ2) is 6.85. The van der Waals surface area contributed by atoms with Crippen molar-refractivity contribution in [1.29, 1.82) is 0 Å². The molecule has 0 aliphatic carbocycles. The van der Waals surface area contributed by atoms with Gasteiger partial charge in [0.2, 0.25) is 0 Å². The van der Waals surface area contributed by atoms with Crippen LogP contribution in [-0.4, -0.2) is 6.54 Å². The van der Waals surface area contributed by atoms with E-state index in [1.807, 2.05) is 11.3 Å². The van der Waals surface area contributed by atoms with Crippen molar-refractivity contribution in [3.63, 3.8) is 0 Å². The summed E-state index contributed by atoms with van der Waals surface area (Å²) in [4.78, 5) is 1.41. The predicted octanol–water partition coefficient (Wildman–Crippen LogP) is 5.17. The molecule has 0 saturated heterocycles. The Bertz CT molecular complexity index is 497. The van der Waals surface area contributed by atoms with Gasteiger partial charge in [-0.05, 0) is 35.7 Å². The fourth-order valence-electron chi connectivity index (χ4n) is 1.95. The van der Waals surface area contributed by atoms with Crippen LogP contribution in [0.4, 0.5) is 0 Å². The van der Waals surface area contributed by atoms with E-state index >= 15 is 0 Å². The van der Waals surface area contributed by atoms with Crippen molar-refractivity contribution in [2.75, 3.05) is 6.54 Å². The highest BCUT2D eigenvalue weighted by Crippen LogP contribution is 2.29. The average Bonchev–Trinajstić information content (AvgIpc) is 2.81. The molecule has 1 unspecified atom stereocenters. The minimum atomic E-state index is 0.358. The third kappa shape index (κ3) is 3.67. The molecule has 0 aliphatic rings. The van der Waals surface area contributed by atoms with Crippen molar-refractivity contribution in [3.8, 4) is 0 Å². The zero-order valence-electron chi connectivity index (χ0n) is 10.1. The van der Waals surface area contributed by atoms with Gasteiger partial charge in [-0.1, -0.05) is 50.9 Å². The second-order valence-electron chi connectivity index (χ2n) is 4.06. The Morgan fingerprint density at radius 2 is 2.11 bits per heavy atom. The molecule has 1 aromatic heterocycles. The predicted molar refractivity (Wildman–Crippen MR) is 86.3 cm³/mol. The van der Waals surface area contributed by atoms with Crippen LogP contribution in [0.15, 0.2) is 44.7 Å². The van der Waals surface area contributed by atoms with Crippen LogP contribution in [0.1, 0.15) is 23.4 Å². The molecule has 4 heteroatoms. The molecule has 18 heavy (non-hydrogen) atoms. The van der Waals surface area contributed by atoms with Crippen LogP contribution in [0, 0.1) is 0 Å². The van der Waals surface area contributed by atoms with Crippen molar-refractivity contribution in [2.45, 2.75) is 19.4 Å². The smallest absolute Gasteiger partial charge is 0.0379 e. The highest BCUT2D eigenvalue weighted by atomic mass is 79.9. The molecule has 2 rings (SSSR count). The minimum Gasteiger partial charge on any atom is -0.310 e. The normalized spacial score (nSPS) is 12.6. The maximum absolute atomic E-state index is 3.66. The Morgan fingerprint density at radius 3 is 2.72 bits per heavy atom. The number of rotatable bonds is 5. The molecule has 1 aromatic carbocycles. The molecule has 0 amide bonds. The molecule has 0 spiro atoms. The van der Waals surface area contributed by atoms with E-state index < -0.39 is 0 Å². The van der Waals surface area contributed by atoms with E-state index in [1.54, 1.807) is 0 Å². The standard InChI is InChI=1S/C14H15Br2NS/c1-2-17-14(9-11-4-3-7-18-11)12-6-5-10(15)8-13(12)16/h3-8,14,17H,2,9H2,1H3. The molecule has 96 valence electrons. The summed E-state index contributed by atoms with van der Waals surface area (Å²) in [6, 6.07) is 11.0. The van der Waals surface area contributed by atoms with Gasteiger partial charge in [0.15, 0.2) is 0 Å². The molecule has 2 aromatic rings. The van der Waals surface area contributed by atoms with E-state index in [1.165, 1.54) is 10.4 Å². The molecule has 0 radical (unpaired) electrons. The van der Waals surface area contributed by atoms with Crippen LogP contribution in [-0.2, 0) is 6.42 Å². The summed E-state index contributed by atoms with van der Waals surface area (Å²) in [5.41, 5.74) is 1.31. The Labute approximate surface area is 129 Å². The van der Waals surface area contributed by atoms with Crippen molar-refractivity contribution in [2.24, 2.45) is 0 Å². The Morgan fingerprint density at radius 1 is 1.28 bits per heavy atom. The van der Waals surface area contributed by atoms with Crippen LogP contribution < -0.4 is 5.32 Å². The van der Waals surface area contributed by atoms with Gasteiger partial charge in [-0.15, -0.1) is 11.3 Å². The summed E-state index contributed by atoms with van der Waals surface area (Å²) in [6.45, 7) is 3.12. The lowest BCUT2D eigenvalue weighted by molar-refractivity contribution is 0.551.